The molecule has 0 aliphatic carbocycles. The molecule has 2 aliphatic heterocycles. The van der Waals surface area contributed by atoms with E-state index in [0.29, 0.717) is 31.1 Å². The third-order valence-corrected chi connectivity index (χ3v) is 7.83. The average Bonchev–Trinajstić information content (AvgIpc) is 3.24. The smallest absolute Gasteiger partial charge is 0.261 e. The molecule has 2 aromatic carbocycles. The molecule has 2 atom stereocenters. The predicted octanol–water partition coefficient (Wildman–Crippen LogP) is 1.43. The van der Waals surface area contributed by atoms with Crippen molar-refractivity contribution in [3.8, 4) is 5.75 Å². The number of fused-ring (bicyclic) bond motifs is 1. The number of anilines is 1. The van der Waals surface area contributed by atoms with Crippen LogP contribution in [-0.4, -0.2) is 62.2 Å². The monoisotopic (exact) mass is 486 g/mol. The summed E-state index contributed by atoms with van der Waals surface area (Å²) in [5.74, 6) is 0.298. The molecule has 1 aromatic heterocycles. The first kappa shape index (κ1) is 22.8. The van der Waals surface area contributed by atoms with Gasteiger partial charge in [0, 0.05) is 43.7 Å². The molecule has 180 valence electrons. The van der Waals surface area contributed by atoms with Crippen molar-refractivity contribution in [1.29, 1.82) is 0 Å². The molecule has 0 amide bonds. The highest BCUT2D eigenvalue weighted by atomic mass is 32.2. The summed E-state index contributed by atoms with van der Waals surface area (Å²) in [6, 6.07) is 13.3. The molecule has 3 heterocycles. The number of hydrogen-bond acceptors (Lipinski definition) is 7. The van der Waals surface area contributed by atoms with Gasteiger partial charge in [0.2, 0.25) is 5.03 Å². The van der Waals surface area contributed by atoms with Crippen LogP contribution in [0, 0.1) is 5.82 Å². The minimum Gasteiger partial charge on any atom is -0.492 e. The maximum Gasteiger partial charge on any atom is 0.261 e. The van der Waals surface area contributed by atoms with Crippen molar-refractivity contribution in [2.75, 3.05) is 31.6 Å². The lowest BCUT2D eigenvalue weighted by Gasteiger charge is -2.42. The fourth-order valence-corrected chi connectivity index (χ4v) is 5.76. The van der Waals surface area contributed by atoms with Crippen LogP contribution in [0.3, 0.4) is 0 Å². The van der Waals surface area contributed by atoms with E-state index in [4.69, 9.17) is 4.74 Å². The summed E-state index contributed by atoms with van der Waals surface area (Å²) in [4.78, 5) is 1.84. The fourth-order valence-electron chi connectivity index (χ4n) is 4.61. The highest BCUT2D eigenvalue weighted by Gasteiger charge is 2.36. The number of nitrogens with zero attached hydrogens (tertiary/aromatic N) is 4. The van der Waals surface area contributed by atoms with Crippen LogP contribution in [0.25, 0.3) is 0 Å². The van der Waals surface area contributed by atoms with E-state index >= 15 is 4.39 Å². The van der Waals surface area contributed by atoms with Gasteiger partial charge in [0.15, 0.2) is 0 Å². The third-order valence-electron chi connectivity index (χ3n) is 6.45. The van der Waals surface area contributed by atoms with E-state index in [2.05, 4.69) is 32.5 Å². The summed E-state index contributed by atoms with van der Waals surface area (Å²) in [7, 11) is -0.269. The fraction of sp³-hybridized carbons (Fsp3) is 0.391. The second-order valence-electron chi connectivity index (χ2n) is 8.80. The Morgan fingerprint density at radius 3 is 2.65 bits per heavy atom. The minimum absolute atomic E-state index is 0.0916. The van der Waals surface area contributed by atoms with Crippen LogP contribution in [0.5, 0.6) is 5.75 Å². The molecular weight excluding hydrogens is 459 g/mol. The molecule has 3 aromatic rings. The van der Waals surface area contributed by atoms with Gasteiger partial charge in [-0.25, -0.2) is 17.5 Å². The molecule has 1 saturated heterocycles. The van der Waals surface area contributed by atoms with Crippen molar-refractivity contribution < 1.29 is 17.5 Å². The van der Waals surface area contributed by atoms with Gasteiger partial charge in [0.25, 0.3) is 10.0 Å². The first-order valence-corrected chi connectivity index (χ1v) is 12.6. The standard InChI is InChI=1S/C23H27FN6O3S/c1-25-20-14-33-22-10-19(24)21(9-18(22)17(20)8-15-6-4-3-5-7-15)30-11-16(12-30)27-34(31,32)23-13-29(2)28-26-23/h3-7,9-10,13,16-17,20,25,27H,8,11-12,14H2,1-2H3/t17-,20+/m1/s1. The van der Waals surface area contributed by atoms with Crippen LogP contribution >= 0.6 is 0 Å². The second kappa shape index (κ2) is 8.97. The second-order valence-corrected chi connectivity index (χ2v) is 10.5. The van der Waals surface area contributed by atoms with Crippen molar-refractivity contribution in [3.63, 3.8) is 0 Å². The maximum absolute atomic E-state index is 15.0. The zero-order valence-corrected chi connectivity index (χ0v) is 19.8. The van der Waals surface area contributed by atoms with Gasteiger partial charge < -0.3 is 15.0 Å². The lowest BCUT2D eigenvalue weighted by Crippen LogP contribution is -2.59. The van der Waals surface area contributed by atoms with Gasteiger partial charge in [-0.05, 0) is 25.1 Å². The lowest BCUT2D eigenvalue weighted by molar-refractivity contribution is 0.218. The number of halogens is 1. The summed E-state index contributed by atoms with van der Waals surface area (Å²) in [5.41, 5.74) is 2.61. The van der Waals surface area contributed by atoms with Crippen LogP contribution in [0.4, 0.5) is 10.1 Å². The summed E-state index contributed by atoms with van der Waals surface area (Å²) in [6.45, 7) is 1.18. The Balaban J connectivity index is 1.34. The van der Waals surface area contributed by atoms with E-state index in [9.17, 15) is 8.42 Å². The summed E-state index contributed by atoms with van der Waals surface area (Å²) in [5, 5.41) is 10.5. The summed E-state index contributed by atoms with van der Waals surface area (Å²) < 4.78 is 49.8. The van der Waals surface area contributed by atoms with Crippen molar-refractivity contribution in [2.45, 2.75) is 29.4 Å². The Hall–Kier alpha value is -3.02. The van der Waals surface area contributed by atoms with Crippen molar-refractivity contribution in [1.82, 2.24) is 25.0 Å². The van der Waals surface area contributed by atoms with E-state index in [0.717, 1.165) is 12.0 Å². The Kier molecular flexibility index (Phi) is 6.00. The molecule has 34 heavy (non-hydrogen) atoms. The zero-order valence-electron chi connectivity index (χ0n) is 19.0. The first-order chi connectivity index (χ1) is 16.3. The van der Waals surface area contributed by atoms with Gasteiger partial charge in [0.05, 0.1) is 17.9 Å². The number of likely N-dealkylation sites (N-methyl/N-ethyl adjacent to an activating group) is 1. The Bertz CT molecular complexity index is 1280. The molecule has 0 unspecified atom stereocenters. The SMILES string of the molecule is CN[C@H]1COc2cc(F)c(N3CC(NS(=O)(=O)c4cn(C)nn4)C3)cc2[C@H]1Cc1ccccc1. The molecule has 2 aliphatic rings. The number of sulfonamides is 1. The molecule has 5 rings (SSSR count). The molecule has 11 heteroatoms. The van der Waals surface area contributed by atoms with Gasteiger partial charge in [-0.3, -0.25) is 4.68 Å². The van der Waals surface area contributed by atoms with Crippen LogP contribution in [-0.2, 0) is 23.5 Å². The molecule has 0 bridgehead atoms. The number of rotatable bonds is 7. The van der Waals surface area contributed by atoms with Crippen molar-refractivity contribution in [2.24, 2.45) is 7.05 Å². The van der Waals surface area contributed by atoms with Gasteiger partial charge in [0.1, 0.15) is 18.2 Å². The van der Waals surface area contributed by atoms with Gasteiger partial charge >= 0.3 is 0 Å². The van der Waals surface area contributed by atoms with E-state index in [1.165, 1.54) is 22.5 Å². The predicted molar refractivity (Wildman–Crippen MR) is 125 cm³/mol. The van der Waals surface area contributed by atoms with Gasteiger partial charge in [-0.15, -0.1) is 5.10 Å². The van der Waals surface area contributed by atoms with E-state index in [1.807, 2.05) is 36.2 Å². The summed E-state index contributed by atoms with van der Waals surface area (Å²) >= 11 is 0. The molecular formula is C23H27FN6O3S. The largest absolute Gasteiger partial charge is 0.492 e. The molecule has 0 radical (unpaired) electrons. The van der Waals surface area contributed by atoms with Crippen LogP contribution in [0.15, 0.2) is 53.7 Å². The number of benzene rings is 2. The Morgan fingerprint density at radius 1 is 1.21 bits per heavy atom. The zero-order chi connectivity index (χ0) is 23.9. The van der Waals surface area contributed by atoms with E-state index in [-0.39, 0.29) is 28.8 Å². The van der Waals surface area contributed by atoms with E-state index < -0.39 is 10.0 Å². The van der Waals surface area contributed by atoms with Crippen molar-refractivity contribution in [3.05, 3.63) is 65.6 Å². The molecule has 0 spiro atoms. The molecule has 2 N–H and O–H groups in total. The normalized spacial score (nSPS) is 20.5. The maximum atomic E-state index is 15.0. The Morgan fingerprint density at radius 2 is 1.97 bits per heavy atom. The number of nitrogens with one attached hydrogen (secondary N) is 2. The molecule has 0 saturated carbocycles. The lowest BCUT2D eigenvalue weighted by atomic mass is 9.83. The number of aromatic nitrogens is 3. The van der Waals surface area contributed by atoms with Crippen LogP contribution in [0.2, 0.25) is 0 Å². The van der Waals surface area contributed by atoms with Gasteiger partial charge in [-0.1, -0.05) is 35.5 Å². The highest BCUT2D eigenvalue weighted by molar-refractivity contribution is 7.89. The topological polar surface area (TPSA) is 101 Å². The molecule has 1 fully saturated rings. The number of hydrogen-bond donors (Lipinski definition) is 2. The number of aryl methyl sites for hydroxylation is 1. The minimum atomic E-state index is -3.78. The summed E-state index contributed by atoms with van der Waals surface area (Å²) in [6.07, 6.45) is 2.14. The molecule has 9 nitrogen and oxygen atoms in total. The van der Waals surface area contributed by atoms with E-state index in [1.54, 1.807) is 7.05 Å². The third kappa shape index (κ3) is 4.38. The number of ether oxygens (including phenoxy) is 1. The van der Waals surface area contributed by atoms with Crippen LogP contribution < -0.4 is 19.7 Å². The average molecular weight is 487 g/mol. The van der Waals surface area contributed by atoms with Crippen molar-refractivity contribution >= 4 is 15.7 Å². The van der Waals surface area contributed by atoms with Crippen LogP contribution in [0.1, 0.15) is 17.0 Å². The Labute approximate surface area is 198 Å². The highest BCUT2D eigenvalue weighted by Crippen LogP contribution is 2.40. The van der Waals surface area contributed by atoms with Gasteiger partial charge in [-0.2, -0.15) is 0 Å². The quantitative estimate of drug-likeness (QED) is 0.521. The first-order valence-electron chi connectivity index (χ1n) is 11.1.